The molecule has 1 aromatic carbocycles. The minimum Gasteiger partial charge on any atom is -0.372 e. The fraction of sp³-hybridized carbons (Fsp3) is 0.350. The molecule has 7 heteroatoms. The van der Waals surface area contributed by atoms with Gasteiger partial charge in [-0.25, -0.2) is 4.98 Å². The summed E-state index contributed by atoms with van der Waals surface area (Å²) in [6.45, 7) is 7.71. The second kappa shape index (κ2) is 7.00. The smallest absolute Gasteiger partial charge is 0.257 e. The number of carbonyl (C=O) groups is 1. The number of ether oxygens (including phenoxy) is 1. The fourth-order valence-corrected chi connectivity index (χ4v) is 3.42. The highest BCUT2D eigenvalue weighted by Crippen LogP contribution is 2.23. The molecule has 1 fully saturated rings. The number of amides is 1. The Morgan fingerprint density at radius 1 is 1.19 bits per heavy atom. The zero-order valence-electron chi connectivity index (χ0n) is 15.6. The van der Waals surface area contributed by atoms with Gasteiger partial charge in [-0.15, -0.1) is 0 Å². The molecule has 0 unspecified atom stereocenters. The predicted molar refractivity (Wildman–Crippen MR) is 103 cm³/mol. The Morgan fingerprint density at radius 2 is 1.89 bits per heavy atom. The number of fused-ring (bicyclic) bond motifs is 1. The number of pyridine rings is 1. The van der Waals surface area contributed by atoms with E-state index in [1.165, 1.54) is 6.20 Å². The molecule has 0 radical (unpaired) electrons. The van der Waals surface area contributed by atoms with Crippen LogP contribution >= 0.6 is 0 Å². The van der Waals surface area contributed by atoms with Crippen molar-refractivity contribution in [3.05, 3.63) is 47.8 Å². The average Bonchev–Trinajstić information content (AvgIpc) is 3.02. The number of carbonyl (C=O) groups excluding carboxylic acids is 1. The van der Waals surface area contributed by atoms with E-state index in [0.29, 0.717) is 17.0 Å². The SMILES string of the molecule is Cc1noc2ncc(C(=O)Nc3ccc(N4C[C@H](C)O[C@@H](C)C4)cc3)cc12. The van der Waals surface area contributed by atoms with E-state index in [4.69, 9.17) is 9.26 Å². The molecular formula is C20H22N4O3. The van der Waals surface area contributed by atoms with Gasteiger partial charge in [0.15, 0.2) is 0 Å². The van der Waals surface area contributed by atoms with Crippen LogP contribution in [0.5, 0.6) is 0 Å². The molecule has 0 saturated carbocycles. The van der Waals surface area contributed by atoms with Crippen LogP contribution in [-0.2, 0) is 4.74 Å². The molecular weight excluding hydrogens is 344 g/mol. The molecule has 2 aromatic heterocycles. The molecule has 1 saturated heterocycles. The summed E-state index contributed by atoms with van der Waals surface area (Å²) in [5.74, 6) is -0.216. The van der Waals surface area contributed by atoms with Gasteiger partial charge in [0.2, 0.25) is 0 Å². The van der Waals surface area contributed by atoms with Crippen LogP contribution in [0.1, 0.15) is 29.9 Å². The molecule has 7 nitrogen and oxygen atoms in total. The van der Waals surface area contributed by atoms with Crippen molar-refractivity contribution in [2.24, 2.45) is 0 Å². The van der Waals surface area contributed by atoms with Crippen molar-refractivity contribution < 1.29 is 14.1 Å². The number of aromatic nitrogens is 2. The van der Waals surface area contributed by atoms with Gasteiger partial charge in [-0.2, -0.15) is 0 Å². The van der Waals surface area contributed by atoms with E-state index in [2.05, 4.69) is 34.2 Å². The largest absolute Gasteiger partial charge is 0.372 e. The van der Waals surface area contributed by atoms with Crippen LogP contribution in [0, 0.1) is 6.92 Å². The third kappa shape index (κ3) is 3.64. The minimum absolute atomic E-state index is 0.205. The minimum atomic E-state index is -0.216. The second-order valence-corrected chi connectivity index (χ2v) is 7.01. The number of benzene rings is 1. The molecule has 1 aliphatic heterocycles. The van der Waals surface area contributed by atoms with E-state index >= 15 is 0 Å². The Kier molecular flexibility index (Phi) is 4.53. The highest BCUT2D eigenvalue weighted by molar-refractivity contribution is 6.05. The Labute approximate surface area is 157 Å². The number of hydrogen-bond acceptors (Lipinski definition) is 6. The van der Waals surface area contributed by atoms with Crippen molar-refractivity contribution in [1.29, 1.82) is 0 Å². The maximum Gasteiger partial charge on any atom is 0.257 e. The first kappa shape index (κ1) is 17.5. The normalized spacial score (nSPS) is 20.0. The Hall–Kier alpha value is -2.93. The van der Waals surface area contributed by atoms with Crippen LogP contribution < -0.4 is 10.2 Å². The molecule has 1 aliphatic rings. The van der Waals surface area contributed by atoms with Crippen LogP contribution in [0.25, 0.3) is 11.1 Å². The molecule has 27 heavy (non-hydrogen) atoms. The summed E-state index contributed by atoms with van der Waals surface area (Å²) in [6.07, 6.45) is 1.90. The summed E-state index contributed by atoms with van der Waals surface area (Å²) < 4.78 is 10.9. The fourth-order valence-electron chi connectivity index (χ4n) is 3.42. The van der Waals surface area contributed by atoms with Crippen LogP contribution in [0.2, 0.25) is 0 Å². The number of nitrogens with one attached hydrogen (secondary N) is 1. The maximum atomic E-state index is 12.5. The van der Waals surface area contributed by atoms with Crippen LogP contribution in [-0.4, -0.2) is 41.3 Å². The van der Waals surface area contributed by atoms with Crippen molar-refractivity contribution in [1.82, 2.24) is 10.1 Å². The molecule has 3 aromatic rings. The van der Waals surface area contributed by atoms with Gasteiger partial charge in [-0.3, -0.25) is 4.79 Å². The second-order valence-electron chi connectivity index (χ2n) is 7.01. The molecule has 0 spiro atoms. The summed E-state index contributed by atoms with van der Waals surface area (Å²) in [7, 11) is 0. The van der Waals surface area contributed by atoms with E-state index < -0.39 is 0 Å². The summed E-state index contributed by atoms with van der Waals surface area (Å²) >= 11 is 0. The maximum absolute atomic E-state index is 12.5. The molecule has 0 bridgehead atoms. The first-order chi connectivity index (χ1) is 13.0. The number of anilines is 2. The van der Waals surface area contributed by atoms with E-state index in [9.17, 15) is 4.79 Å². The van der Waals surface area contributed by atoms with Crippen molar-refractivity contribution in [3.63, 3.8) is 0 Å². The Morgan fingerprint density at radius 3 is 2.59 bits per heavy atom. The highest BCUT2D eigenvalue weighted by Gasteiger charge is 2.22. The van der Waals surface area contributed by atoms with Crippen LogP contribution in [0.4, 0.5) is 11.4 Å². The topological polar surface area (TPSA) is 80.5 Å². The number of nitrogens with zero attached hydrogens (tertiary/aromatic N) is 3. The van der Waals surface area contributed by atoms with Crippen molar-refractivity contribution in [2.45, 2.75) is 33.0 Å². The lowest BCUT2D eigenvalue weighted by molar-refractivity contribution is -0.00521. The van der Waals surface area contributed by atoms with Crippen LogP contribution in [0.3, 0.4) is 0 Å². The van der Waals surface area contributed by atoms with E-state index in [1.807, 2.05) is 31.2 Å². The lowest BCUT2D eigenvalue weighted by Gasteiger charge is -2.36. The van der Waals surface area contributed by atoms with Crippen LogP contribution in [0.15, 0.2) is 41.1 Å². The lowest BCUT2D eigenvalue weighted by atomic mass is 10.1. The summed E-state index contributed by atoms with van der Waals surface area (Å²) in [5.41, 5.74) is 3.47. The van der Waals surface area contributed by atoms with Crippen molar-refractivity contribution in [3.8, 4) is 0 Å². The molecule has 3 heterocycles. The monoisotopic (exact) mass is 366 g/mol. The van der Waals surface area contributed by atoms with Gasteiger partial charge in [0, 0.05) is 30.7 Å². The zero-order valence-corrected chi connectivity index (χ0v) is 15.6. The van der Waals surface area contributed by atoms with Crippen molar-refractivity contribution >= 4 is 28.4 Å². The average molecular weight is 366 g/mol. The molecule has 1 N–H and O–H groups in total. The van der Waals surface area contributed by atoms with Gasteiger partial charge >= 0.3 is 0 Å². The molecule has 1 amide bonds. The first-order valence-electron chi connectivity index (χ1n) is 9.03. The van der Waals surface area contributed by atoms with Crippen molar-refractivity contribution in [2.75, 3.05) is 23.3 Å². The van der Waals surface area contributed by atoms with Gasteiger partial charge < -0.3 is 19.5 Å². The van der Waals surface area contributed by atoms with E-state index in [0.717, 1.165) is 29.9 Å². The summed E-state index contributed by atoms with van der Waals surface area (Å²) in [6, 6.07) is 9.61. The zero-order chi connectivity index (χ0) is 19.0. The highest BCUT2D eigenvalue weighted by atomic mass is 16.5. The number of rotatable bonds is 3. The third-order valence-electron chi connectivity index (χ3n) is 4.68. The quantitative estimate of drug-likeness (QED) is 0.765. The van der Waals surface area contributed by atoms with E-state index in [-0.39, 0.29) is 18.1 Å². The van der Waals surface area contributed by atoms with Gasteiger partial charge in [0.25, 0.3) is 11.6 Å². The molecule has 4 rings (SSSR count). The number of hydrogen-bond donors (Lipinski definition) is 1. The standard InChI is InChI=1S/C20H22N4O3/c1-12-10-24(11-13(2)26-12)17-6-4-16(5-7-17)22-19(25)15-8-18-14(3)23-27-20(18)21-9-15/h4-9,12-13H,10-11H2,1-3H3,(H,22,25)/t12-,13-/m0/s1. The van der Waals surface area contributed by atoms with Gasteiger partial charge in [0.05, 0.1) is 28.9 Å². The Bertz CT molecular complexity index is 957. The Balaban J connectivity index is 1.47. The first-order valence-corrected chi connectivity index (χ1v) is 9.03. The molecule has 2 atom stereocenters. The van der Waals surface area contributed by atoms with Gasteiger partial charge in [-0.1, -0.05) is 5.16 Å². The van der Waals surface area contributed by atoms with Gasteiger partial charge in [0.1, 0.15) is 0 Å². The summed E-state index contributed by atoms with van der Waals surface area (Å²) in [4.78, 5) is 19.0. The number of morpholine rings is 1. The lowest BCUT2D eigenvalue weighted by Crippen LogP contribution is -2.45. The van der Waals surface area contributed by atoms with Gasteiger partial charge in [-0.05, 0) is 51.1 Å². The third-order valence-corrected chi connectivity index (χ3v) is 4.68. The molecule has 140 valence electrons. The predicted octanol–water partition coefficient (Wildman–Crippen LogP) is 3.40. The summed E-state index contributed by atoms with van der Waals surface area (Å²) in [5, 5.41) is 7.52. The number of aryl methyl sites for hydroxylation is 1. The molecule has 0 aliphatic carbocycles. The van der Waals surface area contributed by atoms with E-state index in [1.54, 1.807) is 6.07 Å².